The highest BCUT2D eigenvalue weighted by molar-refractivity contribution is 6.04. The zero-order valence-corrected chi connectivity index (χ0v) is 22.5. The zero-order chi connectivity index (χ0) is 28.9. The molecule has 0 spiro atoms. The Morgan fingerprint density at radius 3 is 2.32 bits per heavy atom. The van der Waals surface area contributed by atoms with Crippen LogP contribution in [0, 0.1) is 12.7 Å². The molecule has 41 heavy (non-hydrogen) atoms. The maximum Gasteiger partial charge on any atom is 0.411 e. The van der Waals surface area contributed by atoms with Gasteiger partial charge in [0, 0.05) is 16.9 Å². The molecule has 1 heterocycles. The molecule has 1 saturated heterocycles. The Balaban J connectivity index is 1.39. The van der Waals surface area contributed by atoms with Gasteiger partial charge in [0.05, 0.1) is 13.7 Å². The number of cyclic esters (lactones) is 1. The van der Waals surface area contributed by atoms with Crippen molar-refractivity contribution >= 4 is 29.3 Å². The third kappa shape index (κ3) is 6.19. The summed E-state index contributed by atoms with van der Waals surface area (Å²) in [4.78, 5) is 40.7. The van der Waals surface area contributed by atoms with Gasteiger partial charge in [0.2, 0.25) is 0 Å². The molecule has 208 valence electrons. The SMILES string of the molecule is COc1ccc(C(=O)Nc2ccc(C3OC(=O)N(Cc4ccccc4C)C3C(=O)Nc3cccc(F)c3)cc2)cc1. The Hall–Kier alpha value is -5.18. The molecule has 4 aromatic rings. The van der Waals surface area contributed by atoms with Gasteiger partial charge in [-0.15, -0.1) is 0 Å². The van der Waals surface area contributed by atoms with Crippen LogP contribution < -0.4 is 15.4 Å². The molecule has 2 atom stereocenters. The van der Waals surface area contributed by atoms with E-state index in [-0.39, 0.29) is 18.1 Å². The Labute approximate surface area is 236 Å². The summed E-state index contributed by atoms with van der Waals surface area (Å²) in [5.74, 6) is -0.673. The maximum atomic E-state index is 13.8. The first-order valence-corrected chi connectivity index (χ1v) is 13.0. The fourth-order valence-electron chi connectivity index (χ4n) is 4.67. The van der Waals surface area contributed by atoms with Gasteiger partial charge in [-0.1, -0.05) is 42.5 Å². The molecule has 4 aromatic carbocycles. The van der Waals surface area contributed by atoms with E-state index in [9.17, 15) is 18.8 Å². The number of benzene rings is 4. The van der Waals surface area contributed by atoms with E-state index >= 15 is 0 Å². The molecule has 3 amide bonds. The number of ether oxygens (including phenoxy) is 2. The molecule has 2 N–H and O–H groups in total. The van der Waals surface area contributed by atoms with Crippen molar-refractivity contribution in [2.45, 2.75) is 25.6 Å². The predicted octanol–water partition coefficient (Wildman–Crippen LogP) is 6.10. The number of nitrogens with zero attached hydrogens (tertiary/aromatic N) is 1. The van der Waals surface area contributed by atoms with E-state index in [0.717, 1.165) is 11.1 Å². The zero-order valence-electron chi connectivity index (χ0n) is 22.5. The number of amides is 3. The minimum Gasteiger partial charge on any atom is -0.497 e. The van der Waals surface area contributed by atoms with Crippen LogP contribution in [-0.4, -0.2) is 36.0 Å². The van der Waals surface area contributed by atoms with Crippen LogP contribution in [-0.2, 0) is 16.1 Å². The Morgan fingerprint density at radius 1 is 0.902 bits per heavy atom. The molecular formula is C32H28FN3O5. The topological polar surface area (TPSA) is 97.0 Å². The summed E-state index contributed by atoms with van der Waals surface area (Å²) in [5.41, 5.74) is 3.64. The van der Waals surface area contributed by atoms with Crippen LogP contribution >= 0.6 is 0 Å². The first-order chi connectivity index (χ1) is 19.8. The summed E-state index contributed by atoms with van der Waals surface area (Å²) in [6, 6.07) is 25.5. The molecule has 0 aromatic heterocycles. The Kier molecular flexibility index (Phi) is 7.96. The average Bonchev–Trinajstić information content (AvgIpc) is 3.30. The fraction of sp³-hybridized carbons (Fsp3) is 0.156. The number of aryl methyl sites for hydroxylation is 1. The molecule has 0 bridgehead atoms. The number of hydrogen-bond acceptors (Lipinski definition) is 5. The van der Waals surface area contributed by atoms with Gasteiger partial charge in [-0.25, -0.2) is 9.18 Å². The second-order valence-electron chi connectivity index (χ2n) is 9.61. The smallest absolute Gasteiger partial charge is 0.411 e. The number of halogens is 1. The summed E-state index contributed by atoms with van der Waals surface area (Å²) in [7, 11) is 1.55. The maximum absolute atomic E-state index is 13.8. The molecule has 0 radical (unpaired) electrons. The molecule has 8 nitrogen and oxygen atoms in total. The largest absolute Gasteiger partial charge is 0.497 e. The lowest BCUT2D eigenvalue weighted by molar-refractivity contribution is -0.121. The summed E-state index contributed by atoms with van der Waals surface area (Å²) in [6.45, 7) is 2.08. The number of carbonyl (C=O) groups excluding carboxylic acids is 3. The van der Waals surface area contributed by atoms with E-state index < -0.39 is 30.0 Å². The lowest BCUT2D eigenvalue weighted by Gasteiger charge is -2.25. The molecule has 5 rings (SSSR count). The second kappa shape index (κ2) is 11.9. The number of nitrogens with one attached hydrogen (secondary N) is 2. The van der Waals surface area contributed by atoms with Crippen molar-refractivity contribution < 1.29 is 28.2 Å². The molecule has 1 aliphatic rings. The minimum absolute atomic E-state index is 0.152. The highest BCUT2D eigenvalue weighted by atomic mass is 19.1. The summed E-state index contributed by atoms with van der Waals surface area (Å²) >= 11 is 0. The summed E-state index contributed by atoms with van der Waals surface area (Å²) < 4.78 is 24.7. The van der Waals surface area contributed by atoms with Crippen LogP contribution in [0.5, 0.6) is 5.75 Å². The number of methoxy groups -OCH3 is 1. The Bertz CT molecular complexity index is 1570. The van der Waals surface area contributed by atoms with Crippen molar-refractivity contribution in [3.8, 4) is 5.75 Å². The normalized spacial score (nSPS) is 16.2. The molecule has 0 aliphatic carbocycles. The third-order valence-corrected chi connectivity index (χ3v) is 6.90. The molecular weight excluding hydrogens is 525 g/mol. The van der Waals surface area contributed by atoms with Gasteiger partial charge in [-0.2, -0.15) is 0 Å². The van der Waals surface area contributed by atoms with Crippen LogP contribution in [0.25, 0.3) is 0 Å². The minimum atomic E-state index is -1.04. The van der Waals surface area contributed by atoms with Gasteiger partial charge in [-0.3, -0.25) is 14.5 Å². The molecule has 2 unspecified atom stereocenters. The fourth-order valence-corrected chi connectivity index (χ4v) is 4.67. The standard InChI is InChI=1S/C32H28FN3O5/c1-20-6-3-4-7-23(20)19-36-28(31(38)35-26-9-5-8-24(33)18-26)29(41-32(36)39)21-10-14-25(15-11-21)34-30(37)22-12-16-27(40-2)17-13-22/h3-18,28-29H,19H2,1-2H3,(H,34,37)(H,35,38). The van der Waals surface area contributed by atoms with Gasteiger partial charge >= 0.3 is 6.09 Å². The number of anilines is 2. The number of hydrogen-bond donors (Lipinski definition) is 2. The third-order valence-electron chi connectivity index (χ3n) is 6.90. The molecule has 9 heteroatoms. The van der Waals surface area contributed by atoms with Crippen LogP contribution in [0.4, 0.5) is 20.6 Å². The van der Waals surface area contributed by atoms with E-state index in [2.05, 4.69) is 10.6 Å². The van der Waals surface area contributed by atoms with E-state index in [4.69, 9.17) is 9.47 Å². The van der Waals surface area contributed by atoms with Crippen molar-refractivity contribution in [1.82, 2.24) is 4.90 Å². The summed E-state index contributed by atoms with van der Waals surface area (Å²) in [5, 5.41) is 5.55. The van der Waals surface area contributed by atoms with Crippen molar-refractivity contribution in [1.29, 1.82) is 0 Å². The summed E-state index contributed by atoms with van der Waals surface area (Å²) in [6.07, 6.45) is -1.58. The average molecular weight is 554 g/mol. The second-order valence-corrected chi connectivity index (χ2v) is 9.61. The van der Waals surface area contributed by atoms with Gasteiger partial charge in [-0.05, 0) is 78.2 Å². The predicted molar refractivity (Wildman–Crippen MR) is 152 cm³/mol. The lowest BCUT2D eigenvalue weighted by Crippen LogP contribution is -2.43. The van der Waals surface area contributed by atoms with E-state index in [1.54, 1.807) is 61.7 Å². The monoisotopic (exact) mass is 553 g/mol. The van der Waals surface area contributed by atoms with E-state index in [0.29, 0.717) is 22.6 Å². The van der Waals surface area contributed by atoms with Crippen molar-refractivity contribution in [3.63, 3.8) is 0 Å². The van der Waals surface area contributed by atoms with Crippen LogP contribution in [0.2, 0.25) is 0 Å². The van der Waals surface area contributed by atoms with Gasteiger partial charge in [0.15, 0.2) is 12.1 Å². The van der Waals surface area contributed by atoms with Crippen molar-refractivity contribution in [2.75, 3.05) is 17.7 Å². The van der Waals surface area contributed by atoms with E-state index in [1.807, 2.05) is 31.2 Å². The highest BCUT2D eigenvalue weighted by Crippen LogP contribution is 2.35. The number of rotatable bonds is 8. The molecule has 1 fully saturated rings. The first-order valence-electron chi connectivity index (χ1n) is 13.0. The lowest BCUT2D eigenvalue weighted by atomic mass is 9.99. The first kappa shape index (κ1) is 27.4. The quantitative estimate of drug-likeness (QED) is 0.275. The van der Waals surface area contributed by atoms with Gasteiger partial charge < -0.3 is 20.1 Å². The van der Waals surface area contributed by atoms with Gasteiger partial charge in [0.25, 0.3) is 11.8 Å². The van der Waals surface area contributed by atoms with Gasteiger partial charge in [0.1, 0.15) is 11.6 Å². The molecule has 1 aliphatic heterocycles. The van der Waals surface area contributed by atoms with E-state index in [1.165, 1.54) is 23.1 Å². The molecule has 0 saturated carbocycles. The highest BCUT2D eigenvalue weighted by Gasteiger charge is 2.47. The van der Waals surface area contributed by atoms with Crippen LogP contribution in [0.15, 0.2) is 97.1 Å². The van der Waals surface area contributed by atoms with Crippen molar-refractivity contribution in [3.05, 3.63) is 125 Å². The Morgan fingerprint density at radius 2 is 1.63 bits per heavy atom. The van der Waals surface area contributed by atoms with Crippen LogP contribution in [0.1, 0.15) is 33.2 Å². The van der Waals surface area contributed by atoms with Crippen molar-refractivity contribution in [2.24, 2.45) is 0 Å². The van der Waals surface area contributed by atoms with Crippen LogP contribution in [0.3, 0.4) is 0 Å². The number of carbonyl (C=O) groups is 3.